The molecule has 0 bridgehead atoms. The van der Waals surface area contributed by atoms with Gasteiger partial charge in [-0.1, -0.05) is 0 Å². The molecule has 0 spiro atoms. The van der Waals surface area contributed by atoms with Crippen molar-refractivity contribution in [3.63, 3.8) is 0 Å². The van der Waals surface area contributed by atoms with Crippen molar-refractivity contribution in [2.75, 3.05) is 0 Å². The van der Waals surface area contributed by atoms with E-state index in [9.17, 15) is 5.11 Å². The number of aliphatic hydroxyl groups excluding tert-OH is 1. The molecule has 0 aliphatic carbocycles. The number of rotatable bonds is 3. The van der Waals surface area contributed by atoms with Crippen molar-refractivity contribution in [3.8, 4) is 0 Å². The summed E-state index contributed by atoms with van der Waals surface area (Å²) in [7, 11) is 1.86. The lowest BCUT2D eigenvalue weighted by atomic mass is 10.1. The SMILES string of the molecule is Cc1cc(C(O)Cc2sccc2Br)n(C)n1. The predicted octanol–water partition coefficient (Wildman–Crippen LogP) is 2.83. The van der Waals surface area contributed by atoms with Gasteiger partial charge in [0, 0.05) is 22.8 Å². The Morgan fingerprint density at radius 1 is 1.62 bits per heavy atom. The van der Waals surface area contributed by atoms with E-state index in [4.69, 9.17) is 0 Å². The van der Waals surface area contributed by atoms with Crippen molar-refractivity contribution in [1.29, 1.82) is 0 Å². The van der Waals surface area contributed by atoms with E-state index in [2.05, 4.69) is 21.0 Å². The van der Waals surface area contributed by atoms with Gasteiger partial charge in [0.05, 0.1) is 11.4 Å². The number of hydrogen-bond acceptors (Lipinski definition) is 3. The van der Waals surface area contributed by atoms with Crippen LogP contribution >= 0.6 is 27.3 Å². The van der Waals surface area contributed by atoms with Crippen LogP contribution in [0.15, 0.2) is 22.0 Å². The third-order valence-corrected chi connectivity index (χ3v) is 4.40. The molecule has 2 rings (SSSR count). The fourth-order valence-electron chi connectivity index (χ4n) is 1.69. The normalized spacial score (nSPS) is 13.0. The van der Waals surface area contributed by atoms with Crippen molar-refractivity contribution in [3.05, 3.63) is 38.3 Å². The molecule has 2 aromatic heterocycles. The number of nitrogens with zero attached hydrogens (tertiary/aromatic N) is 2. The summed E-state index contributed by atoms with van der Waals surface area (Å²) < 4.78 is 2.80. The summed E-state index contributed by atoms with van der Waals surface area (Å²) in [6.45, 7) is 1.93. The largest absolute Gasteiger partial charge is 0.386 e. The minimum atomic E-state index is -0.499. The van der Waals surface area contributed by atoms with Gasteiger partial charge < -0.3 is 5.11 Å². The second-order valence-corrected chi connectivity index (χ2v) is 5.60. The zero-order valence-electron chi connectivity index (χ0n) is 9.14. The molecule has 0 aliphatic rings. The number of hydrogen-bond donors (Lipinski definition) is 1. The van der Waals surface area contributed by atoms with Crippen molar-refractivity contribution in [2.24, 2.45) is 7.05 Å². The molecule has 2 aromatic rings. The van der Waals surface area contributed by atoms with E-state index in [0.717, 1.165) is 20.7 Å². The van der Waals surface area contributed by atoms with Gasteiger partial charge in [-0.3, -0.25) is 4.68 Å². The molecule has 2 heterocycles. The molecule has 0 aromatic carbocycles. The van der Waals surface area contributed by atoms with Crippen LogP contribution in [0.4, 0.5) is 0 Å². The average Bonchev–Trinajstić information content (AvgIpc) is 2.74. The van der Waals surface area contributed by atoms with E-state index in [1.807, 2.05) is 31.5 Å². The lowest BCUT2D eigenvalue weighted by Crippen LogP contribution is -2.07. The van der Waals surface area contributed by atoms with Gasteiger partial charge in [0.2, 0.25) is 0 Å². The van der Waals surface area contributed by atoms with Crippen LogP contribution in [0.2, 0.25) is 0 Å². The van der Waals surface area contributed by atoms with Crippen LogP contribution in [0.5, 0.6) is 0 Å². The van der Waals surface area contributed by atoms with E-state index < -0.39 is 6.10 Å². The lowest BCUT2D eigenvalue weighted by molar-refractivity contribution is 0.169. The lowest BCUT2D eigenvalue weighted by Gasteiger charge is -2.09. The van der Waals surface area contributed by atoms with Crippen LogP contribution in [0, 0.1) is 6.92 Å². The highest BCUT2D eigenvalue weighted by molar-refractivity contribution is 9.10. The Kier molecular flexibility index (Phi) is 3.47. The number of aromatic nitrogens is 2. The highest BCUT2D eigenvalue weighted by Gasteiger charge is 2.15. The van der Waals surface area contributed by atoms with Gasteiger partial charge in [0.25, 0.3) is 0 Å². The summed E-state index contributed by atoms with van der Waals surface area (Å²) in [6.07, 6.45) is 0.123. The molecule has 0 radical (unpaired) electrons. The first-order valence-corrected chi connectivity index (χ1v) is 6.65. The first-order chi connectivity index (χ1) is 7.58. The Morgan fingerprint density at radius 2 is 2.38 bits per heavy atom. The van der Waals surface area contributed by atoms with Gasteiger partial charge in [-0.15, -0.1) is 11.3 Å². The van der Waals surface area contributed by atoms with Gasteiger partial charge in [-0.2, -0.15) is 5.10 Å². The smallest absolute Gasteiger partial charge is 0.100 e. The number of aliphatic hydroxyl groups is 1. The minimum absolute atomic E-state index is 0.499. The molecule has 0 fully saturated rings. The Labute approximate surface area is 107 Å². The molecule has 1 atom stereocenters. The summed E-state index contributed by atoms with van der Waals surface area (Å²) in [6, 6.07) is 3.92. The Bertz CT molecular complexity index is 492. The monoisotopic (exact) mass is 300 g/mol. The summed E-state index contributed by atoms with van der Waals surface area (Å²) in [4.78, 5) is 1.16. The van der Waals surface area contributed by atoms with Crippen LogP contribution in [0.25, 0.3) is 0 Å². The van der Waals surface area contributed by atoms with E-state index in [1.165, 1.54) is 0 Å². The predicted molar refractivity (Wildman–Crippen MR) is 68.6 cm³/mol. The highest BCUT2D eigenvalue weighted by Crippen LogP contribution is 2.28. The Hall–Kier alpha value is -0.650. The van der Waals surface area contributed by atoms with E-state index in [-0.39, 0.29) is 0 Å². The molecule has 86 valence electrons. The molecule has 0 saturated carbocycles. The van der Waals surface area contributed by atoms with Crippen molar-refractivity contribution in [1.82, 2.24) is 9.78 Å². The summed E-state index contributed by atoms with van der Waals surface area (Å²) in [5.41, 5.74) is 1.79. The van der Waals surface area contributed by atoms with Crippen LogP contribution in [-0.2, 0) is 13.5 Å². The van der Waals surface area contributed by atoms with Gasteiger partial charge >= 0.3 is 0 Å². The summed E-state index contributed by atoms with van der Waals surface area (Å²) in [5, 5.41) is 16.4. The average molecular weight is 301 g/mol. The molecule has 1 unspecified atom stereocenters. The van der Waals surface area contributed by atoms with Gasteiger partial charge in [0.1, 0.15) is 6.10 Å². The molecule has 0 saturated heterocycles. The zero-order valence-corrected chi connectivity index (χ0v) is 11.5. The fourth-order valence-corrected chi connectivity index (χ4v) is 3.25. The van der Waals surface area contributed by atoms with Crippen molar-refractivity contribution >= 4 is 27.3 Å². The van der Waals surface area contributed by atoms with Gasteiger partial charge in [-0.25, -0.2) is 0 Å². The van der Waals surface area contributed by atoms with Crippen LogP contribution in [0.1, 0.15) is 22.4 Å². The standard InChI is InChI=1S/C11H13BrN2OS/c1-7-5-9(14(2)13-7)10(15)6-11-8(12)3-4-16-11/h3-5,10,15H,6H2,1-2H3. The van der Waals surface area contributed by atoms with Gasteiger partial charge in [0.15, 0.2) is 0 Å². The quantitative estimate of drug-likeness (QED) is 0.946. The summed E-state index contributed by atoms with van der Waals surface area (Å²) in [5.74, 6) is 0. The van der Waals surface area contributed by atoms with Crippen LogP contribution in [0.3, 0.4) is 0 Å². The van der Waals surface area contributed by atoms with Crippen molar-refractivity contribution in [2.45, 2.75) is 19.4 Å². The Morgan fingerprint density at radius 3 is 2.88 bits per heavy atom. The molecule has 3 nitrogen and oxygen atoms in total. The topological polar surface area (TPSA) is 38.0 Å². The number of thiophene rings is 1. The Balaban J connectivity index is 2.17. The maximum Gasteiger partial charge on any atom is 0.100 e. The maximum absolute atomic E-state index is 10.1. The van der Waals surface area contributed by atoms with Crippen LogP contribution < -0.4 is 0 Å². The van der Waals surface area contributed by atoms with Crippen LogP contribution in [-0.4, -0.2) is 14.9 Å². The van der Waals surface area contributed by atoms with E-state index in [0.29, 0.717) is 6.42 Å². The zero-order chi connectivity index (χ0) is 11.7. The highest BCUT2D eigenvalue weighted by atomic mass is 79.9. The first kappa shape index (κ1) is 11.8. The van der Waals surface area contributed by atoms with E-state index >= 15 is 0 Å². The third kappa shape index (κ3) is 2.36. The number of aryl methyl sites for hydroxylation is 2. The maximum atomic E-state index is 10.1. The fraction of sp³-hybridized carbons (Fsp3) is 0.364. The first-order valence-electron chi connectivity index (χ1n) is 4.98. The molecular weight excluding hydrogens is 288 g/mol. The van der Waals surface area contributed by atoms with Gasteiger partial charge in [-0.05, 0) is 40.4 Å². The number of halogens is 1. The molecular formula is C11H13BrN2OS. The molecule has 1 N–H and O–H groups in total. The van der Waals surface area contributed by atoms with E-state index in [1.54, 1.807) is 16.0 Å². The second kappa shape index (κ2) is 4.69. The molecule has 0 aliphatic heterocycles. The third-order valence-electron chi connectivity index (χ3n) is 2.45. The molecule has 0 amide bonds. The summed E-state index contributed by atoms with van der Waals surface area (Å²) >= 11 is 5.12. The van der Waals surface area contributed by atoms with Crippen molar-refractivity contribution < 1.29 is 5.11 Å². The molecule has 5 heteroatoms. The second-order valence-electron chi connectivity index (χ2n) is 3.75. The molecule has 16 heavy (non-hydrogen) atoms. The minimum Gasteiger partial charge on any atom is -0.386 e.